The standard InChI is InChI=1S/C13H27NO/c1-4-11-5-6-12(8-14)13(7-11)15-9-10(2)3/h10-13H,4-9,14H2,1-3H3. The molecule has 0 heterocycles. The maximum absolute atomic E-state index is 6.00. The molecule has 2 nitrogen and oxygen atoms in total. The first-order valence-corrected chi connectivity index (χ1v) is 6.49. The van der Waals surface area contributed by atoms with Gasteiger partial charge in [-0.25, -0.2) is 0 Å². The molecule has 0 aliphatic heterocycles. The van der Waals surface area contributed by atoms with Crippen LogP contribution in [0, 0.1) is 17.8 Å². The molecule has 1 rings (SSSR count). The first-order chi connectivity index (χ1) is 7.17. The molecule has 3 atom stereocenters. The molecular weight excluding hydrogens is 186 g/mol. The van der Waals surface area contributed by atoms with E-state index in [0.29, 0.717) is 17.9 Å². The van der Waals surface area contributed by atoms with Crippen LogP contribution in [0.15, 0.2) is 0 Å². The van der Waals surface area contributed by atoms with Gasteiger partial charge >= 0.3 is 0 Å². The third-order valence-electron chi connectivity index (χ3n) is 3.56. The van der Waals surface area contributed by atoms with Gasteiger partial charge in [0.2, 0.25) is 0 Å². The predicted molar refractivity (Wildman–Crippen MR) is 64.8 cm³/mol. The van der Waals surface area contributed by atoms with E-state index in [9.17, 15) is 0 Å². The van der Waals surface area contributed by atoms with Gasteiger partial charge in [-0.1, -0.05) is 27.2 Å². The van der Waals surface area contributed by atoms with Gasteiger partial charge in [0.1, 0.15) is 0 Å². The normalized spacial score (nSPS) is 32.2. The third kappa shape index (κ3) is 4.12. The highest BCUT2D eigenvalue weighted by atomic mass is 16.5. The first kappa shape index (κ1) is 13.0. The largest absolute Gasteiger partial charge is 0.378 e. The van der Waals surface area contributed by atoms with Gasteiger partial charge < -0.3 is 10.5 Å². The molecule has 1 aliphatic rings. The molecule has 0 aromatic rings. The fraction of sp³-hybridized carbons (Fsp3) is 1.00. The summed E-state index contributed by atoms with van der Waals surface area (Å²) in [7, 11) is 0. The van der Waals surface area contributed by atoms with E-state index in [4.69, 9.17) is 10.5 Å². The SMILES string of the molecule is CCC1CCC(CN)C(OCC(C)C)C1. The van der Waals surface area contributed by atoms with E-state index in [1.165, 1.54) is 25.7 Å². The summed E-state index contributed by atoms with van der Waals surface area (Å²) in [5.41, 5.74) is 5.81. The van der Waals surface area contributed by atoms with Crippen LogP contribution in [0.25, 0.3) is 0 Å². The second-order valence-electron chi connectivity index (χ2n) is 5.35. The van der Waals surface area contributed by atoms with Crippen LogP contribution in [0.2, 0.25) is 0 Å². The number of hydrogen-bond acceptors (Lipinski definition) is 2. The van der Waals surface area contributed by atoms with E-state index in [2.05, 4.69) is 20.8 Å². The molecule has 15 heavy (non-hydrogen) atoms. The molecule has 3 unspecified atom stereocenters. The zero-order valence-corrected chi connectivity index (χ0v) is 10.5. The molecule has 0 spiro atoms. The van der Waals surface area contributed by atoms with Gasteiger partial charge in [-0.15, -0.1) is 0 Å². The summed E-state index contributed by atoms with van der Waals surface area (Å²) in [6.45, 7) is 8.37. The van der Waals surface area contributed by atoms with E-state index in [1.807, 2.05) is 0 Å². The van der Waals surface area contributed by atoms with Gasteiger partial charge in [-0.05, 0) is 43.6 Å². The van der Waals surface area contributed by atoms with Crippen molar-refractivity contribution in [2.75, 3.05) is 13.2 Å². The molecule has 1 saturated carbocycles. The third-order valence-corrected chi connectivity index (χ3v) is 3.56. The van der Waals surface area contributed by atoms with Crippen LogP contribution in [0.1, 0.15) is 46.5 Å². The van der Waals surface area contributed by atoms with Crippen molar-refractivity contribution in [1.82, 2.24) is 0 Å². The highest BCUT2D eigenvalue weighted by Crippen LogP contribution is 2.32. The van der Waals surface area contributed by atoms with Crippen molar-refractivity contribution in [3.05, 3.63) is 0 Å². The Bertz CT molecular complexity index is 170. The van der Waals surface area contributed by atoms with Crippen LogP contribution in [0.5, 0.6) is 0 Å². The maximum Gasteiger partial charge on any atom is 0.0618 e. The highest BCUT2D eigenvalue weighted by Gasteiger charge is 2.29. The van der Waals surface area contributed by atoms with Crippen molar-refractivity contribution < 1.29 is 4.74 Å². The highest BCUT2D eigenvalue weighted by molar-refractivity contribution is 4.81. The zero-order chi connectivity index (χ0) is 11.3. The van der Waals surface area contributed by atoms with Crippen molar-refractivity contribution in [3.63, 3.8) is 0 Å². The Labute approximate surface area is 94.6 Å². The lowest BCUT2D eigenvalue weighted by Gasteiger charge is -2.35. The Morgan fingerprint density at radius 2 is 2.07 bits per heavy atom. The van der Waals surface area contributed by atoms with Crippen LogP contribution in [0.4, 0.5) is 0 Å². The average Bonchev–Trinajstić information content (AvgIpc) is 2.25. The molecule has 2 heteroatoms. The lowest BCUT2D eigenvalue weighted by molar-refractivity contribution is -0.0342. The molecule has 1 aliphatic carbocycles. The summed E-state index contributed by atoms with van der Waals surface area (Å²) in [6.07, 6.45) is 5.55. The summed E-state index contributed by atoms with van der Waals surface area (Å²) in [6, 6.07) is 0. The van der Waals surface area contributed by atoms with E-state index >= 15 is 0 Å². The Balaban J connectivity index is 2.40. The summed E-state index contributed by atoms with van der Waals surface area (Å²) in [4.78, 5) is 0. The van der Waals surface area contributed by atoms with Crippen LogP contribution in [-0.4, -0.2) is 19.3 Å². The zero-order valence-electron chi connectivity index (χ0n) is 10.5. The van der Waals surface area contributed by atoms with Gasteiger partial charge in [0.15, 0.2) is 0 Å². The molecule has 90 valence electrons. The van der Waals surface area contributed by atoms with Gasteiger partial charge in [0.25, 0.3) is 0 Å². The van der Waals surface area contributed by atoms with Crippen LogP contribution < -0.4 is 5.73 Å². The van der Waals surface area contributed by atoms with Crippen molar-refractivity contribution in [2.45, 2.75) is 52.6 Å². The molecule has 0 aromatic heterocycles. The monoisotopic (exact) mass is 213 g/mol. The van der Waals surface area contributed by atoms with Crippen LogP contribution in [0.3, 0.4) is 0 Å². The Kier molecular flexibility index (Phi) is 5.62. The Hall–Kier alpha value is -0.0800. The quantitative estimate of drug-likeness (QED) is 0.762. The van der Waals surface area contributed by atoms with E-state index < -0.39 is 0 Å². The van der Waals surface area contributed by atoms with Crippen molar-refractivity contribution in [3.8, 4) is 0 Å². The average molecular weight is 213 g/mol. The number of ether oxygens (including phenoxy) is 1. The fourth-order valence-corrected chi connectivity index (χ4v) is 2.44. The number of hydrogen-bond donors (Lipinski definition) is 1. The van der Waals surface area contributed by atoms with Crippen molar-refractivity contribution in [2.24, 2.45) is 23.5 Å². The van der Waals surface area contributed by atoms with E-state index in [0.717, 1.165) is 19.1 Å². The minimum Gasteiger partial charge on any atom is -0.378 e. The molecular formula is C13H27NO. The van der Waals surface area contributed by atoms with Crippen molar-refractivity contribution >= 4 is 0 Å². The second-order valence-corrected chi connectivity index (χ2v) is 5.35. The molecule has 0 radical (unpaired) electrons. The van der Waals surface area contributed by atoms with Gasteiger partial charge in [0.05, 0.1) is 6.10 Å². The maximum atomic E-state index is 6.00. The number of nitrogens with two attached hydrogens (primary N) is 1. The second kappa shape index (κ2) is 6.49. The lowest BCUT2D eigenvalue weighted by atomic mass is 9.78. The molecule has 0 amide bonds. The first-order valence-electron chi connectivity index (χ1n) is 6.49. The van der Waals surface area contributed by atoms with Gasteiger partial charge in [0, 0.05) is 6.61 Å². The summed E-state index contributed by atoms with van der Waals surface area (Å²) in [5, 5.41) is 0. The van der Waals surface area contributed by atoms with Crippen LogP contribution >= 0.6 is 0 Å². The molecule has 1 fully saturated rings. The summed E-state index contributed by atoms with van der Waals surface area (Å²) >= 11 is 0. The van der Waals surface area contributed by atoms with Crippen molar-refractivity contribution in [1.29, 1.82) is 0 Å². The smallest absolute Gasteiger partial charge is 0.0618 e. The minimum absolute atomic E-state index is 0.427. The fourth-order valence-electron chi connectivity index (χ4n) is 2.44. The van der Waals surface area contributed by atoms with Gasteiger partial charge in [-0.3, -0.25) is 0 Å². The lowest BCUT2D eigenvalue weighted by Crippen LogP contribution is -2.37. The predicted octanol–water partition coefficient (Wildman–Crippen LogP) is 2.81. The minimum atomic E-state index is 0.427. The topological polar surface area (TPSA) is 35.2 Å². The summed E-state index contributed by atoms with van der Waals surface area (Å²) in [5.74, 6) is 2.10. The van der Waals surface area contributed by atoms with Gasteiger partial charge in [-0.2, -0.15) is 0 Å². The molecule has 0 bridgehead atoms. The van der Waals surface area contributed by atoms with E-state index in [1.54, 1.807) is 0 Å². The molecule has 0 aromatic carbocycles. The summed E-state index contributed by atoms with van der Waals surface area (Å²) < 4.78 is 6.00. The van der Waals surface area contributed by atoms with E-state index in [-0.39, 0.29) is 0 Å². The number of rotatable bonds is 5. The Morgan fingerprint density at radius 3 is 2.60 bits per heavy atom. The molecule has 0 saturated heterocycles. The van der Waals surface area contributed by atoms with Crippen LogP contribution in [-0.2, 0) is 4.74 Å². The Morgan fingerprint density at radius 1 is 1.33 bits per heavy atom. The molecule has 2 N–H and O–H groups in total.